The number of pyridine rings is 1. The van der Waals surface area contributed by atoms with E-state index >= 15 is 0 Å². The average molecular weight is 321 g/mol. The Morgan fingerprint density at radius 3 is 2.63 bits per heavy atom. The Hall–Kier alpha value is -1.09. The van der Waals surface area contributed by atoms with E-state index < -0.39 is 0 Å². The summed E-state index contributed by atoms with van der Waals surface area (Å²) in [6.45, 7) is 10.0. The molecule has 1 aromatic heterocycles. The van der Waals surface area contributed by atoms with E-state index in [4.69, 9.17) is 0 Å². The van der Waals surface area contributed by atoms with Crippen molar-refractivity contribution in [2.45, 2.75) is 27.7 Å². The third kappa shape index (κ3) is 3.08. The van der Waals surface area contributed by atoms with Crippen LogP contribution in [0.15, 0.2) is 34.9 Å². The highest BCUT2D eigenvalue weighted by Gasteiger charge is 2.22. The van der Waals surface area contributed by atoms with Crippen molar-refractivity contribution < 1.29 is 0 Å². The van der Waals surface area contributed by atoms with Gasteiger partial charge in [-0.1, -0.05) is 55.8 Å². The fraction of sp³-hybridized carbons (Fsp3) is 0.438. The molecule has 0 saturated heterocycles. The minimum Gasteiger partial charge on any atom is -0.369 e. The predicted molar refractivity (Wildman–Crippen MR) is 86.6 cm³/mol. The van der Waals surface area contributed by atoms with Gasteiger partial charge in [-0.05, 0) is 23.5 Å². The highest BCUT2D eigenvalue weighted by molar-refractivity contribution is 9.10. The lowest BCUT2D eigenvalue weighted by molar-refractivity contribution is 0.269. The van der Waals surface area contributed by atoms with E-state index in [0.29, 0.717) is 5.92 Å². The highest BCUT2D eigenvalue weighted by Crippen LogP contribution is 2.30. The van der Waals surface area contributed by atoms with Gasteiger partial charge in [-0.3, -0.25) is 0 Å². The number of fused-ring (bicyclic) bond motifs is 1. The summed E-state index contributed by atoms with van der Waals surface area (Å²) >= 11 is 3.59. The smallest absolute Gasteiger partial charge is 0.133 e. The first-order chi connectivity index (χ1) is 8.92. The summed E-state index contributed by atoms with van der Waals surface area (Å²) < 4.78 is 1.11. The standard InChI is InChI=1S/C16H21BrN2/c1-11(2)16(3,4)10-19-15-13-6-5-7-14(17)12(13)8-9-18-15/h5-9,11H,10H2,1-4H3,(H,18,19). The number of halogens is 1. The summed E-state index contributed by atoms with van der Waals surface area (Å²) in [4.78, 5) is 4.48. The van der Waals surface area contributed by atoms with E-state index in [9.17, 15) is 0 Å². The number of benzene rings is 1. The molecule has 0 saturated carbocycles. The number of hydrogen-bond acceptors (Lipinski definition) is 2. The first kappa shape index (κ1) is 14.3. The molecular formula is C16H21BrN2. The maximum absolute atomic E-state index is 4.48. The van der Waals surface area contributed by atoms with Gasteiger partial charge in [0, 0.05) is 28.0 Å². The van der Waals surface area contributed by atoms with Gasteiger partial charge in [0.05, 0.1) is 0 Å². The number of nitrogens with one attached hydrogen (secondary N) is 1. The SMILES string of the molecule is CC(C)C(C)(C)CNc1nccc2c(Br)cccc12. The third-order valence-electron chi connectivity index (χ3n) is 4.03. The van der Waals surface area contributed by atoms with Gasteiger partial charge >= 0.3 is 0 Å². The molecule has 0 atom stereocenters. The molecule has 19 heavy (non-hydrogen) atoms. The van der Waals surface area contributed by atoms with Gasteiger partial charge in [0.2, 0.25) is 0 Å². The van der Waals surface area contributed by atoms with E-state index in [0.717, 1.165) is 22.2 Å². The Kier molecular flexibility index (Phi) is 4.14. The second-order valence-electron chi connectivity index (χ2n) is 5.99. The Balaban J connectivity index is 2.29. The Morgan fingerprint density at radius 1 is 1.21 bits per heavy atom. The molecule has 0 radical (unpaired) electrons. The van der Waals surface area contributed by atoms with Gasteiger partial charge in [-0.25, -0.2) is 4.98 Å². The third-order valence-corrected chi connectivity index (χ3v) is 4.72. The largest absolute Gasteiger partial charge is 0.369 e. The van der Waals surface area contributed by atoms with E-state index in [2.05, 4.69) is 66.1 Å². The van der Waals surface area contributed by atoms with Crippen LogP contribution in [0.1, 0.15) is 27.7 Å². The Labute approximate surface area is 123 Å². The van der Waals surface area contributed by atoms with Gasteiger partial charge in [-0.15, -0.1) is 0 Å². The normalized spacial score (nSPS) is 12.1. The van der Waals surface area contributed by atoms with E-state index in [1.165, 1.54) is 5.39 Å². The van der Waals surface area contributed by atoms with Crippen LogP contribution in [0.3, 0.4) is 0 Å². The molecule has 0 fully saturated rings. The van der Waals surface area contributed by atoms with Crippen LogP contribution in [-0.4, -0.2) is 11.5 Å². The summed E-state index contributed by atoms with van der Waals surface area (Å²) in [7, 11) is 0. The molecule has 0 amide bonds. The van der Waals surface area contributed by atoms with Gasteiger partial charge in [0.1, 0.15) is 5.82 Å². The molecule has 1 N–H and O–H groups in total. The van der Waals surface area contributed by atoms with Crippen LogP contribution >= 0.6 is 15.9 Å². The quantitative estimate of drug-likeness (QED) is 0.848. The minimum atomic E-state index is 0.246. The number of rotatable bonds is 4. The van der Waals surface area contributed by atoms with Crippen LogP contribution in [-0.2, 0) is 0 Å². The first-order valence-electron chi connectivity index (χ1n) is 6.69. The fourth-order valence-corrected chi connectivity index (χ4v) is 2.32. The summed E-state index contributed by atoms with van der Waals surface area (Å²) in [5, 5.41) is 5.86. The van der Waals surface area contributed by atoms with Crippen LogP contribution in [0.2, 0.25) is 0 Å². The topological polar surface area (TPSA) is 24.9 Å². The predicted octanol–water partition coefficient (Wildman–Crippen LogP) is 5.09. The van der Waals surface area contributed by atoms with Gasteiger partial charge in [-0.2, -0.15) is 0 Å². The Bertz CT molecular complexity index is 576. The summed E-state index contributed by atoms with van der Waals surface area (Å²) in [5.74, 6) is 1.59. The highest BCUT2D eigenvalue weighted by atomic mass is 79.9. The van der Waals surface area contributed by atoms with E-state index in [-0.39, 0.29) is 5.41 Å². The molecule has 0 spiro atoms. The van der Waals surface area contributed by atoms with Crippen LogP contribution < -0.4 is 5.32 Å². The molecule has 1 heterocycles. The second-order valence-corrected chi connectivity index (χ2v) is 6.85. The fourth-order valence-electron chi connectivity index (χ4n) is 1.83. The van der Waals surface area contributed by atoms with Crippen molar-refractivity contribution in [2.75, 3.05) is 11.9 Å². The molecule has 0 unspecified atom stereocenters. The molecule has 3 heteroatoms. The number of nitrogens with zero attached hydrogens (tertiary/aromatic N) is 1. The number of anilines is 1. The van der Waals surface area contributed by atoms with Crippen molar-refractivity contribution in [3.8, 4) is 0 Å². The molecule has 0 aliphatic carbocycles. The van der Waals surface area contributed by atoms with E-state index in [1.54, 1.807) is 0 Å². The van der Waals surface area contributed by atoms with Crippen LogP contribution in [0.4, 0.5) is 5.82 Å². The molecule has 1 aromatic carbocycles. The zero-order valence-electron chi connectivity index (χ0n) is 12.0. The average Bonchev–Trinajstić information content (AvgIpc) is 2.37. The van der Waals surface area contributed by atoms with Crippen molar-refractivity contribution in [1.29, 1.82) is 0 Å². The molecule has 0 aliphatic rings. The zero-order chi connectivity index (χ0) is 14.0. The first-order valence-corrected chi connectivity index (χ1v) is 7.48. The van der Waals surface area contributed by atoms with Crippen molar-refractivity contribution in [2.24, 2.45) is 11.3 Å². The molecule has 2 nitrogen and oxygen atoms in total. The van der Waals surface area contributed by atoms with Crippen LogP contribution in [0, 0.1) is 11.3 Å². The van der Waals surface area contributed by atoms with Gasteiger partial charge in [0.25, 0.3) is 0 Å². The minimum absolute atomic E-state index is 0.246. The lowest BCUT2D eigenvalue weighted by atomic mass is 9.81. The summed E-state index contributed by atoms with van der Waals surface area (Å²) in [6.07, 6.45) is 1.86. The van der Waals surface area contributed by atoms with Crippen LogP contribution in [0.25, 0.3) is 10.8 Å². The van der Waals surface area contributed by atoms with E-state index in [1.807, 2.05) is 18.3 Å². The van der Waals surface area contributed by atoms with Crippen molar-refractivity contribution in [3.05, 3.63) is 34.9 Å². The van der Waals surface area contributed by atoms with Crippen molar-refractivity contribution >= 4 is 32.5 Å². The molecule has 2 rings (SSSR count). The summed E-state index contributed by atoms with van der Waals surface area (Å²) in [5.41, 5.74) is 0.246. The van der Waals surface area contributed by atoms with Crippen molar-refractivity contribution in [1.82, 2.24) is 4.98 Å². The molecule has 0 bridgehead atoms. The zero-order valence-corrected chi connectivity index (χ0v) is 13.6. The molecule has 102 valence electrons. The van der Waals surface area contributed by atoms with Gasteiger partial charge < -0.3 is 5.32 Å². The number of hydrogen-bond donors (Lipinski definition) is 1. The monoisotopic (exact) mass is 320 g/mol. The molecule has 2 aromatic rings. The van der Waals surface area contributed by atoms with Gasteiger partial charge in [0.15, 0.2) is 0 Å². The van der Waals surface area contributed by atoms with Crippen molar-refractivity contribution in [3.63, 3.8) is 0 Å². The maximum atomic E-state index is 4.48. The lowest BCUT2D eigenvalue weighted by Crippen LogP contribution is -2.28. The van der Waals surface area contributed by atoms with Crippen LogP contribution in [0.5, 0.6) is 0 Å². The second kappa shape index (κ2) is 5.49. The molecular weight excluding hydrogens is 300 g/mol. The lowest BCUT2D eigenvalue weighted by Gasteiger charge is -2.29. The molecule has 0 aliphatic heterocycles. The Morgan fingerprint density at radius 2 is 1.95 bits per heavy atom. The maximum Gasteiger partial charge on any atom is 0.133 e. The number of aromatic nitrogens is 1. The summed E-state index contributed by atoms with van der Waals surface area (Å²) in [6, 6.07) is 8.26.